The molecule has 0 spiro atoms. The summed E-state index contributed by atoms with van der Waals surface area (Å²) in [5, 5.41) is 10.1. The topological polar surface area (TPSA) is 83.4 Å². The van der Waals surface area contributed by atoms with Crippen molar-refractivity contribution in [3.63, 3.8) is 0 Å². The number of nitrogens with zero attached hydrogens (tertiary/aromatic N) is 3. The highest BCUT2D eigenvalue weighted by atomic mass is 35.5. The van der Waals surface area contributed by atoms with E-state index in [1.54, 1.807) is 31.4 Å². The SMILES string of the molecule is COc1ccc(NC(=O)C[C@@H]2SC(N3N=C(c4ccc(C)cc4)C[C@@H]3c3ccc(Cl)cc3)=NC2=O)cc1. The van der Waals surface area contributed by atoms with Crippen LogP contribution >= 0.6 is 23.4 Å². The minimum atomic E-state index is -0.613. The van der Waals surface area contributed by atoms with E-state index >= 15 is 0 Å². The van der Waals surface area contributed by atoms with Crippen LogP contribution in [0.2, 0.25) is 5.02 Å². The van der Waals surface area contributed by atoms with Crippen LogP contribution in [0.15, 0.2) is 82.9 Å². The van der Waals surface area contributed by atoms with Crippen LogP contribution in [0.25, 0.3) is 0 Å². The Hall–Kier alpha value is -3.62. The van der Waals surface area contributed by atoms with Gasteiger partial charge < -0.3 is 10.1 Å². The molecule has 7 nitrogen and oxygen atoms in total. The van der Waals surface area contributed by atoms with Crippen LogP contribution < -0.4 is 10.1 Å². The van der Waals surface area contributed by atoms with Gasteiger partial charge in [0.25, 0.3) is 5.91 Å². The number of amides is 2. The Labute approximate surface area is 224 Å². The Morgan fingerprint density at radius 2 is 1.78 bits per heavy atom. The fourth-order valence-corrected chi connectivity index (χ4v) is 5.40. The van der Waals surface area contributed by atoms with Gasteiger partial charge in [0, 0.05) is 23.6 Å². The Balaban J connectivity index is 1.33. The van der Waals surface area contributed by atoms with Crippen molar-refractivity contribution in [2.45, 2.75) is 31.1 Å². The number of methoxy groups -OCH3 is 1. The van der Waals surface area contributed by atoms with Gasteiger partial charge in [-0.15, -0.1) is 0 Å². The molecule has 2 amide bonds. The second-order valence-electron chi connectivity index (χ2n) is 8.85. The molecule has 2 aliphatic heterocycles. The zero-order valence-corrected chi connectivity index (χ0v) is 21.9. The van der Waals surface area contributed by atoms with E-state index in [9.17, 15) is 9.59 Å². The van der Waals surface area contributed by atoms with Crippen molar-refractivity contribution in [3.8, 4) is 5.75 Å². The van der Waals surface area contributed by atoms with Crippen molar-refractivity contribution in [3.05, 3.63) is 94.5 Å². The second-order valence-corrected chi connectivity index (χ2v) is 10.5. The number of ether oxygens (including phenoxy) is 1. The lowest BCUT2D eigenvalue weighted by Crippen LogP contribution is -2.25. The smallest absolute Gasteiger partial charge is 0.262 e. The van der Waals surface area contributed by atoms with Gasteiger partial charge in [0.15, 0.2) is 5.17 Å². The van der Waals surface area contributed by atoms with Gasteiger partial charge in [-0.3, -0.25) is 9.59 Å². The number of carbonyl (C=O) groups is 2. The second kappa shape index (κ2) is 10.8. The van der Waals surface area contributed by atoms with Crippen LogP contribution in [0, 0.1) is 6.92 Å². The lowest BCUT2D eigenvalue weighted by Gasteiger charge is -2.23. The van der Waals surface area contributed by atoms with E-state index in [0.717, 1.165) is 16.8 Å². The van der Waals surface area contributed by atoms with Gasteiger partial charge in [-0.2, -0.15) is 10.1 Å². The molecule has 37 heavy (non-hydrogen) atoms. The first-order valence-corrected chi connectivity index (χ1v) is 13.1. The van der Waals surface area contributed by atoms with E-state index in [1.807, 2.05) is 36.2 Å². The first-order valence-electron chi connectivity index (χ1n) is 11.8. The van der Waals surface area contributed by atoms with E-state index in [1.165, 1.54) is 17.3 Å². The third kappa shape index (κ3) is 5.70. The van der Waals surface area contributed by atoms with Crippen molar-refractivity contribution < 1.29 is 14.3 Å². The molecule has 5 rings (SSSR count). The molecule has 0 fully saturated rings. The molecule has 2 heterocycles. The molecule has 0 saturated carbocycles. The minimum absolute atomic E-state index is 0.0104. The highest BCUT2D eigenvalue weighted by molar-refractivity contribution is 8.15. The Kier molecular flexibility index (Phi) is 7.30. The lowest BCUT2D eigenvalue weighted by atomic mass is 9.98. The molecule has 9 heteroatoms. The van der Waals surface area contributed by atoms with Crippen LogP contribution in [0.4, 0.5) is 5.69 Å². The van der Waals surface area contributed by atoms with Crippen molar-refractivity contribution in [1.29, 1.82) is 0 Å². The van der Waals surface area contributed by atoms with Gasteiger partial charge in [-0.1, -0.05) is 65.3 Å². The van der Waals surface area contributed by atoms with Crippen LogP contribution in [0.5, 0.6) is 5.75 Å². The standard InChI is InChI=1S/C28H25ClN4O3S/c1-17-3-5-18(6-4-17)23-15-24(19-7-9-20(29)10-8-19)33(32-23)28-31-27(35)25(37-28)16-26(34)30-21-11-13-22(36-2)14-12-21/h3-14,24-25H,15-16H2,1-2H3,(H,30,34)/t24-,25+/m1/s1. The normalized spacial score (nSPS) is 19.0. The van der Waals surface area contributed by atoms with Gasteiger partial charge in [0.2, 0.25) is 5.91 Å². The van der Waals surface area contributed by atoms with Crippen LogP contribution in [0.3, 0.4) is 0 Å². The fourth-order valence-electron chi connectivity index (χ4n) is 4.21. The molecule has 2 aliphatic rings. The minimum Gasteiger partial charge on any atom is -0.497 e. The molecule has 0 radical (unpaired) electrons. The number of hydrazone groups is 1. The van der Waals surface area contributed by atoms with Gasteiger partial charge in [0.05, 0.1) is 18.9 Å². The number of hydrogen-bond donors (Lipinski definition) is 1. The molecule has 0 saturated heterocycles. The van der Waals surface area contributed by atoms with Crippen molar-refractivity contribution in [2.24, 2.45) is 10.1 Å². The van der Waals surface area contributed by atoms with Crippen LogP contribution in [0.1, 0.15) is 35.6 Å². The van der Waals surface area contributed by atoms with Crippen molar-refractivity contribution in [1.82, 2.24) is 5.01 Å². The monoisotopic (exact) mass is 532 g/mol. The maximum Gasteiger partial charge on any atom is 0.262 e. The highest BCUT2D eigenvalue weighted by Crippen LogP contribution is 2.39. The first kappa shape index (κ1) is 25.0. The maximum atomic E-state index is 12.8. The van der Waals surface area contributed by atoms with Crippen LogP contribution in [-0.4, -0.2) is 40.1 Å². The van der Waals surface area contributed by atoms with Gasteiger partial charge in [-0.25, -0.2) is 5.01 Å². The average molecular weight is 533 g/mol. The molecular weight excluding hydrogens is 508 g/mol. The number of halogens is 1. The van der Waals surface area contributed by atoms with Gasteiger partial charge >= 0.3 is 0 Å². The predicted octanol–water partition coefficient (Wildman–Crippen LogP) is 5.83. The Bertz CT molecular complexity index is 1370. The molecule has 3 aromatic carbocycles. The molecular formula is C28H25ClN4O3S. The highest BCUT2D eigenvalue weighted by Gasteiger charge is 2.39. The molecule has 0 bridgehead atoms. The quantitative estimate of drug-likeness (QED) is 0.431. The van der Waals surface area contributed by atoms with E-state index in [-0.39, 0.29) is 24.3 Å². The summed E-state index contributed by atoms with van der Waals surface area (Å²) < 4.78 is 5.15. The van der Waals surface area contributed by atoms with E-state index < -0.39 is 5.25 Å². The summed E-state index contributed by atoms with van der Waals surface area (Å²) in [5.41, 5.74) is 4.77. The maximum absolute atomic E-state index is 12.8. The number of aryl methyl sites for hydroxylation is 1. The first-order chi connectivity index (χ1) is 17.9. The summed E-state index contributed by atoms with van der Waals surface area (Å²) in [6.07, 6.45) is 0.664. The number of thioether (sulfide) groups is 1. The molecule has 2 atom stereocenters. The summed E-state index contributed by atoms with van der Waals surface area (Å²) in [6.45, 7) is 2.05. The molecule has 1 N–H and O–H groups in total. The third-order valence-corrected chi connectivity index (χ3v) is 7.61. The molecule has 3 aromatic rings. The zero-order valence-electron chi connectivity index (χ0n) is 20.3. The molecule has 0 aliphatic carbocycles. The predicted molar refractivity (Wildman–Crippen MR) is 148 cm³/mol. The summed E-state index contributed by atoms with van der Waals surface area (Å²) in [7, 11) is 1.58. The summed E-state index contributed by atoms with van der Waals surface area (Å²) in [4.78, 5) is 29.8. The summed E-state index contributed by atoms with van der Waals surface area (Å²) in [6, 6.07) is 22.7. The number of benzene rings is 3. The van der Waals surface area contributed by atoms with Crippen LogP contribution in [-0.2, 0) is 9.59 Å². The Morgan fingerprint density at radius 3 is 2.46 bits per heavy atom. The number of aliphatic imine (C=N–C) groups is 1. The number of nitrogens with one attached hydrogen (secondary N) is 1. The molecule has 0 unspecified atom stereocenters. The van der Waals surface area contributed by atoms with Gasteiger partial charge in [-0.05, 0) is 54.4 Å². The largest absolute Gasteiger partial charge is 0.497 e. The Morgan fingerprint density at radius 1 is 1.08 bits per heavy atom. The van der Waals surface area contributed by atoms with E-state index in [4.69, 9.17) is 21.4 Å². The average Bonchev–Trinajstić information content (AvgIpc) is 3.49. The number of anilines is 1. The van der Waals surface area contributed by atoms with Gasteiger partial charge in [0.1, 0.15) is 11.0 Å². The van der Waals surface area contributed by atoms with E-state index in [2.05, 4.69) is 34.6 Å². The van der Waals surface area contributed by atoms with Crippen molar-refractivity contribution in [2.75, 3.05) is 12.4 Å². The zero-order chi connectivity index (χ0) is 25.9. The fraction of sp³-hybridized carbons (Fsp3) is 0.214. The lowest BCUT2D eigenvalue weighted by molar-refractivity contribution is -0.121. The number of hydrogen-bond acceptors (Lipinski definition) is 6. The molecule has 188 valence electrons. The van der Waals surface area contributed by atoms with E-state index in [0.29, 0.717) is 28.0 Å². The number of amidine groups is 1. The number of rotatable bonds is 6. The van der Waals surface area contributed by atoms with Crippen molar-refractivity contribution >= 4 is 51.7 Å². The summed E-state index contributed by atoms with van der Waals surface area (Å²) in [5.74, 6) is 0.106. The number of carbonyl (C=O) groups excluding carboxylic acids is 2. The third-order valence-electron chi connectivity index (χ3n) is 6.22. The molecule has 0 aromatic heterocycles. The summed E-state index contributed by atoms with van der Waals surface area (Å²) >= 11 is 7.40.